The van der Waals surface area contributed by atoms with Gasteiger partial charge in [0.15, 0.2) is 0 Å². The summed E-state index contributed by atoms with van der Waals surface area (Å²) < 4.78 is 0. The van der Waals surface area contributed by atoms with E-state index in [9.17, 15) is 9.59 Å². The fourth-order valence-electron chi connectivity index (χ4n) is 4.82. The number of hydrogen-bond acceptors (Lipinski definition) is 3. The van der Waals surface area contributed by atoms with Crippen molar-refractivity contribution in [3.8, 4) is 0 Å². The molecule has 2 aliphatic rings. The van der Waals surface area contributed by atoms with Crippen molar-refractivity contribution in [2.75, 3.05) is 13.1 Å². The summed E-state index contributed by atoms with van der Waals surface area (Å²) in [5.41, 5.74) is 2.13. The SMILES string of the molecule is CCCc1ccc(C(=O)N2CCCC23CCCN(Cc2ccccn2)C3=O)cc1. The fraction of sp³-hybridized carbons (Fsp3) is 0.458. The van der Waals surface area contributed by atoms with Gasteiger partial charge in [0.2, 0.25) is 5.91 Å². The molecule has 1 unspecified atom stereocenters. The van der Waals surface area contributed by atoms with Crippen LogP contribution in [0.1, 0.15) is 60.6 Å². The molecule has 2 fully saturated rings. The van der Waals surface area contributed by atoms with Crippen molar-refractivity contribution in [2.45, 2.75) is 57.5 Å². The zero-order chi connectivity index (χ0) is 20.3. The molecule has 2 saturated heterocycles. The van der Waals surface area contributed by atoms with Gasteiger partial charge in [-0.15, -0.1) is 0 Å². The monoisotopic (exact) mass is 391 g/mol. The first-order chi connectivity index (χ1) is 14.1. The van der Waals surface area contributed by atoms with Crippen LogP contribution < -0.4 is 0 Å². The minimum Gasteiger partial charge on any atom is -0.335 e. The van der Waals surface area contributed by atoms with Crippen LogP contribution in [0.15, 0.2) is 48.7 Å². The molecule has 0 N–H and O–H groups in total. The number of rotatable bonds is 5. The van der Waals surface area contributed by atoms with Gasteiger partial charge in [-0.1, -0.05) is 31.5 Å². The van der Waals surface area contributed by atoms with Gasteiger partial charge in [-0.25, -0.2) is 0 Å². The normalized spacial score (nSPS) is 21.8. The van der Waals surface area contributed by atoms with Gasteiger partial charge in [0, 0.05) is 24.8 Å². The van der Waals surface area contributed by atoms with Crippen LogP contribution >= 0.6 is 0 Å². The smallest absolute Gasteiger partial charge is 0.254 e. The predicted molar refractivity (Wildman–Crippen MR) is 112 cm³/mol. The van der Waals surface area contributed by atoms with Crippen molar-refractivity contribution in [3.63, 3.8) is 0 Å². The minimum atomic E-state index is -0.688. The van der Waals surface area contributed by atoms with Crippen LogP contribution in [0.3, 0.4) is 0 Å². The summed E-state index contributed by atoms with van der Waals surface area (Å²) >= 11 is 0. The predicted octanol–water partition coefficient (Wildman–Crippen LogP) is 3.83. The number of piperidine rings is 1. The van der Waals surface area contributed by atoms with Crippen LogP contribution in [0.5, 0.6) is 0 Å². The highest BCUT2D eigenvalue weighted by molar-refractivity contribution is 6.00. The lowest BCUT2D eigenvalue weighted by molar-refractivity contribution is -0.146. The third-order valence-corrected chi connectivity index (χ3v) is 6.26. The third kappa shape index (κ3) is 3.78. The highest BCUT2D eigenvalue weighted by atomic mass is 16.2. The van der Waals surface area contributed by atoms with E-state index in [2.05, 4.69) is 11.9 Å². The second-order valence-corrected chi connectivity index (χ2v) is 8.19. The zero-order valence-corrected chi connectivity index (χ0v) is 17.1. The van der Waals surface area contributed by atoms with E-state index in [4.69, 9.17) is 0 Å². The lowest BCUT2D eigenvalue weighted by Crippen LogP contribution is -2.61. The van der Waals surface area contributed by atoms with Crippen LogP contribution in [0, 0.1) is 0 Å². The van der Waals surface area contributed by atoms with E-state index < -0.39 is 5.54 Å². The lowest BCUT2D eigenvalue weighted by Gasteiger charge is -2.44. The van der Waals surface area contributed by atoms with Crippen molar-refractivity contribution in [2.24, 2.45) is 0 Å². The number of carbonyl (C=O) groups excluding carboxylic acids is 2. The van der Waals surface area contributed by atoms with Crippen molar-refractivity contribution in [1.82, 2.24) is 14.8 Å². The molecule has 29 heavy (non-hydrogen) atoms. The van der Waals surface area contributed by atoms with Crippen molar-refractivity contribution in [3.05, 3.63) is 65.5 Å². The Morgan fingerprint density at radius 1 is 1.07 bits per heavy atom. The molecule has 3 heterocycles. The van der Waals surface area contributed by atoms with Crippen LogP contribution in [0.2, 0.25) is 0 Å². The Morgan fingerprint density at radius 3 is 2.52 bits per heavy atom. The molecule has 5 heteroatoms. The number of carbonyl (C=O) groups is 2. The number of benzene rings is 1. The zero-order valence-electron chi connectivity index (χ0n) is 17.1. The molecule has 1 aromatic carbocycles. The molecule has 2 amide bonds. The van der Waals surface area contributed by atoms with Crippen LogP contribution in [-0.4, -0.2) is 45.2 Å². The topological polar surface area (TPSA) is 53.5 Å². The summed E-state index contributed by atoms with van der Waals surface area (Å²) in [6.45, 7) is 4.04. The molecule has 5 nitrogen and oxygen atoms in total. The van der Waals surface area contributed by atoms with E-state index in [1.807, 2.05) is 52.3 Å². The number of nitrogens with zero attached hydrogens (tertiary/aromatic N) is 3. The average Bonchev–Trinajstić information content (AvgIpc) is 3.17. The molecular formula is C24H29N3O2. The fourth-order valence-corrected chi connectivity index (χ4v) is 4.82. The standard InChI is InChI=1S/C24H29N3O2/c1-2-7-19-9-11-20(12-10-19)22(28)27-17-6-14-24(27)13-5-16-26(23(24)29)18-21-8-3-4-15-25-21/h3-4,8-12,15H,2,5-7,13-14,16-18H2,1H3. The maximum absolute atomic E-state index is 13.5. The molecule has 152 valence electrons. The van der Waals surface area contributed by atoms with Gasteiger partial charge in [-0.3, -0.25) is 14.6 Å². The Kier molecular flexibility index (Phi) is 5.65. The van der Waals surface area contributed by atoms with E-state index in [-0.39, 0.29) is 11.8 Å². The molecule has 2 aromatic rings. The first kappa shape index (κ1) is 19.6. The van der Waals surface area contributed by atoms with Gasteiger partial charge in [0.05, 0.1) is 12.2 Å². The van der Waals surface area contributed by atoms with Crippen molar-refractivity contribution >= 4 is 11.8 Å². The van der Waals surface area contributed by atoms with Gasteiger partial charge in [-0.05, 0) is 61.9 Å². The summed E-state index contributed by atoms with van der Waals surface area (Å²) in [5.74, 6) is 0.0708. The van der Waals surface area contributed by atoms with E-state index in [0.717, 1.165) is 50.8 Å². The Labute approximate surface area is 172 Å². The van der Waals surface area contributed by atoms with Gasteiger partial charge in [0.25, 0.3) is 5.91 Å². The summed E-state index contributed by atoms with van der Waals surface area (Å²) in [4.78, 5) is 35.0. The quantitative estimate of drug-likeness (QED) is 0.778. The first-order valence-corrected chi connectivity index (χ1v) is 10.7. The van der Waals surface area contributed by atoms with E-state index in [0.29, 0.717) is 18.7 Å². The molecule has 1 atom stereocenters. The largest absolute Gasteiger partial charge is 0.335 e. The molecule has 2 aliphatic heterocycles. The Balaban J connectivity index is 1.55. The summed E-state index contributed by atoms with van der Waals surface area (Å²) in [6, 6.07) is 13.7. The molecule has 1 spiro atoms. The van der Waals surface area contributed by atoms with Crippen LogP contribution in [-0.2, 0) is 17.8 Å². The number of aryl methyl sites for hydroxylation is 1. The highest BCUT2D eigenvalue weighted by Gasteiger charge is 2.52. The highest BCUT2D eigenvalue weighted by Crippen LogP contribution is 2.39. The van der Waals surface area contributed by atoms with E-state index >= 15 is 0 Å². The molecule has 0 saturated carbocycles. The van der Waals surface area contributed by atoms with Gasteiger partial charge in [0.1, 0.15) is 5.54 Å². The second kappa shape index (κ2) is 8.36. The Bertz CT molecular complexity index is 865. The van der Waals surface area contributed by atoms with E-state index in [1.165, 1.54) is 5.56 Å². The lowest BCUT2D eigenvalue weighted by atomic mass is 9.85. The van der Waals surface area contributed by atoms with Crippen LogP contribution in [0.25, 0.3) is 0 Å². The molecule has 4 rings (SSSR count). The Morgan fingerprint density at radius 2 is 1.83 bits per heavy atom. The number of hydrogen-bond donors (Lipinski definition) is 0. The second-order valence-electron chi connectivity index (χ2n) is 8.19. The van der Waals surface area contributed by atoms with Gasteiger partial charge >= 0.3 is 0 Å². The first-order valence-electron chi connectivity index (χ1n) is 10.7. The average molecular weight is 392 g/mol. The molecule has 0 aliphatic carbocycles. The number of amides is 2. The molecule has 1 aromatic heterocycles. The van der Waals surface area contributed by atoms with Crippen molar-refractivity contribution < 1.29 is 9.59 Å². The summed E-state index contributed by atoms with van der Waals surface area (Å²) in [6.07, 6.45) is 7.16. The van der Waals surface area contributed by atoms with Crippen molar-refractivity contribution in [1.29, 1.82) is 0 Å². The maximum Gasteiger partial charge on any atom is 0.254 e. The number of aromatic nitrogens is 1. The summed E-state index contributed by atoms with van der Waals surface area (Å²) in [5, 5.41) is 0. The van der Waals surface area contributed by atoms with E-state index in [1.54, 1.807) is 6.20 Å². The molecule has 0 radical (unpaired) electrons. The van der Waals surface area contributed by atoms with Crippen LogP contribution in [0.4, 0.5) is 0 Å². The minimum absolute atomic E-state index is 0.0152. The number of pyridine rings is 1. The van der Waals surface area contributed by atoms with Gasteiger partial charge < -0.3 is 9.80 Å². The van der Waals surface area contributed by atoms with Gasteiger partial charge in [-0.2, -0.15) is 0 Å². The summed E-state index contributed by atoms with van der Waals surface area (Å²) in [7, 11) is 0. The number of likely N-dealkylation sites (tertiary alicyclic amines) is 2. The maximum atomic E-state index is 13.5. The third-order valence-electron chi connectivity index (χ3n) is 6.26. The molecule has 0 bridgehead atoms. The molecular weight excluding hydrogens is 362 g/mol. The Hall–Kier alpha value is -2.69.